The number of nitrogens with one attached hydrogen (secondary N) is 1. The van der Waals surface area contributed by atoms with Crippen molar-refractivity contribution >= 4 is 15.9 Å². The van der Waals surface area contributed by atoms with Crippen molar-refractivity contribution in [3.63, 3.8) is 0 Å². The van der Waals surface area contributed by atoms with Gasteiger partial charge < -0.3 is 4.90 Å². The maximum Gasteiger partial charge on any atom is 0.253 e. The molecular formula is C21H27N3O3S. The summed E-state index contributed by atoms with van der Waals surface area (Å²) in [4.78, 5) is 18.6. The van der Waals surface area contributed by atoms with Gasteiger partial charge in [-0.2, -0.15) is 0 Å². The van der Waals surface area contributed by atoms with Crippen LogP contribution in [0, 0.1) is 26.7 Å². The van der Waals surface area contributed by atoms with Gasteiger partial charge in [0.2, 0.25) is 10.0 Å². The summed E-state index contributed by atoms with van der Waals surface area (Å²) in [5, 5.41) is 0. The van der Waals surface area contributed by atoms with Gasteiger partial charge in [0.1, 0.15) is 0 Å². The molecule has 3 rings (SSSR count). The summed E-state index contributed by atoms with van der Waals surface area (Å²) in [5.74, 6) is 0.231. The van der Waals surface area contributed by atoms with Gasteiger partial charge in [0.05, 0.1) is 4.90 Å². The Kier molecular flexibility index (Phi) is 6.15. The molecule has 1 N–H and O–H groups in total. The molecule has 0 saturated carbocycles. The van der Waals surface area contributed by atoms with Crippen molar-refractivity contribution in [1.29, 1.82) is 0 Å². The monoisotopic (exact) mass is 401 g/mol. The van der Waals surface area contributed by atoms with Crippen LogP contribution in [0.5, 0.6) is 0 Å². The zero-order valence-electron chi connectivity index (χ0n) is 16.6. The van der Waals surface area contributed by atoms with Crippen molar-refractivity contribution in [3.05, 3.63) is 58.9 Å². The molecule has 1 aromatic heterocycles. The van der Waals surface area contributed by atoms with Crippen molar-refractivity contribution in [2.75, 3.05) is 19.6 Å². The molecule has 0 spiro atoms. The highest BCUT2D eigenvalue weighted by Gasteiger charge is 2.26. The molecule has 1 aliphatic heterocycles. The summed E-state index contributed by atoms with van der Waals surface area (Å²) in [7, 11) is -3.55. The maximum atomic E-state index is 12.8. The fourth-order valence-corrected chi connectivity index (χ4v) is 5.47. The Labute approximate surface area is 167 Å². The predicted molar refractivity (Wildman–Crippen MR) is 109 cm³/mol. The normalized spacial score (nSPS) is 15.6. The summed E-state index contributed by atoms with van der Waals surface area (Å²) in [5.41, 5.74) is 3.23. The molecule has 0 bridgehead atoms. The molecule has 2 heterocycles. The number of amides is 1. The zero-order valence-corrected chi connectivity index (χ0v) is 17.4. The molecule has 0 radical (unpaired) electrons. The summed E-state index contributed by atoms with van der Waals surface area (Å²) in [6, 6.07) is 7.22. The molecule has 0 aliphatic carbocycles. The molecule has 1 saturated heterocycles. The van der Waals surface area contributed by atoms with Crippen LogP contribution in [0.4, 0.5) is 0 Å². The number of aromatic nitrogens is 1. The van der Waals surface area contributed by atoms with Crippen molar-refractivity contribution in [2.45, 2.75) is 38.5 Å². The smallest absolute Gasteiger partial charge is 0.253 e. The number of pyridine rings is 1. The fourth-order valence-electron chi connectivity index (χ4n) is 3.91. The maximum absolute atomic E-state index is 12.8. The lowest BCUT2D eigenvalue weighted by molar-refractivity contribution is 0.0692. The number of nitrogens with zero attached hydrogens (tertiary/aromatic N) is 2. The van der Waals surface area contributed by atoms with Gasteiger partial charge in [-0.15, -0.1) is 0 Å². The van der Waals surface area contributed by atoms with Crippen molar-refractivity contribution in [2.24, 2.45) is 5.92 Å². The first kappa shape index (κ1) is 20.5. The van der Waals surface area contributed by atoms with Gasteiger partial charge in [0.15, 0.2) is 0 Å². The number of benzene rings is 1. The topological polar surface area (TPSA) is 79.4 Å². The van der Waals surface area contributed by atoms with Gasteiger partial charge in [0.25, 0.3) is 5.91 Å². The van der Waals surface area contributed by atoms with Gasteiger partial charge in [-0.05, 0) is 62.8 Å². The molecule has 2 aromatic rings. The number of likely N-dealkylation sites (tertiary alicyclic amines) is 1. The summed E-state index contributed by atoms with van der Waals surface area (Å²) in [6.07, 6.45) is 4.80. The van der Waals surface area contributed by atoms with E-state index in [0.717, 1.165) is 29.5 Å². The second-order valence-electron chi connectivity index (χ2n) is 7.55. The van der Waals surface area contributed by atoms with Gasteiger partial charge in [-0.1, -0.05) is 17.7 Å². The Hall–Kier alpha value is -2.25. The third-order valence-corrected chi connectivity index (χ3v) is 6.99. The average molecular weight is 402 g/mol. The highest BCUT2D eigenvalue weighted by molar-refractivity contribution is 7.89. The third kappa shape index (κ3) is 4.59. The Bertz CT molecular complexity index is 927. The van der Waals surface area contributed by atoms with E-state index in [0.29, 0.717) is 30.1 Å². The van der Waals surface area contributed by atoms with E-state index in [1.807, 2.05) is 37.8 Å². The lowest BCUT2D eigenvalue weighted by Gasteiger charge is -2.32. The SMILES string of the molecule is Cc1cc(C)c(S(=O)(=O)NCC2CCN(C(=O)c3ccncc3)CC2)c(C)c1. The van der Waals surface area contributed by atoms with Crippen LogP contribution in [-0.4, -0.2) is 43.8 Å². The van der Waals surface area contributed by atoms with Crippen LogP contribution in [0.25, 0.3) is 0 Å². The van der Waals surface area contributed by atoms with Crippen LogP contribution in [-0.2, 0) is 10.0 Å². The lowest BCUT2D eigenvalue weighted by Crippen LogP contribution is -2.41. The van der Waals surface area contributed by atoms with Gasteiger partial charge in [-0.3, -0.25) is 9.78 Å². The van der Waals surface area contributed by atoms with Crippen molar-refractivity contribution < 1.29 is 13.2 Å². The minimum absolute atomic E-state index is 0.00679. The molecule has 28 heavy (non-hydrogen) atoms. The van der Waals surface area contributed by atoms with Gasteiger partial charge >= 0.3 is 0 Å². The molecular weight excluding hydrogens is 374 g/mol. The summed E-state index contributed by atoms with van der Waals surface area (Å²) >= 11 is 0. The lowest BCUT2D eigenvalue weighted by atomic mass is 9.97. The zero-order chi connectivity index (χ0) is 20.3. The van der Waals surface area contributed by atoms with Crippen molar-refractivity contribution in [1.82, 2.24) is 14.6 Å². The van der Waals surface area contributed by atoms with Crippen LogP contribution in [0.1, 0.15) is 39.9 Å². The standard InChI is InChI=1S/C21H27N3O3S/c1-15-12-16(2)20(17(3)13-15)28(26,27)23-14-18-6-10-24(11-7-18)21(25)19-4-8-22-9-5-19/h4-5,8-9,12-13,18,23H,6-7,10-11,14H2,1-3H3. The van der Waals surface area contributed by atoms with E-state index in [9.17, 15) is 13.2 Å². The Balaban J connectivity index is 1.58. The van der Waals surface area contributed by atoms with Crippen molar-refractivity contribution in [3.8, 4) is 0 Å². The molecule has 1 fully saturated rings. The molecule has 1 amide bonds. The number of carbonyl (C=O) groups excluding carboxylic acids is 1. The highest BCUT2D eigenvalue weighted by atomic mass is 32.2. The Morgan fingerprint density at radius 2 is 1.68 bits per heavy atom. The largest absolute Gasteiger partial charge is 0.339 e. The fraction of sp³-hybridized carbons (Fsp3) is 0.429. The van der Waals surface area contributed by atoms with Crippen LogP contribution >= 0.6 is 0 Å². The summed E-state index contributed by atoms with van der Waals surface area (Å²) in [6.45, 7) is 7.29. The van der Waals surface area contributed by atoms with E-state index in [1.54, 1.807) is 24.5 Å². The number of hydrogen-bond acceptors (Lipinski definition) is 4. The third-order valence-electron chi connectivity index (χ3n) is 5.26. The van der Waals surface area contributed by atoms with E-state index in [-0.39, 0.29) is 11.8 Å². The molecule has 150 valence electrons. The number of hydrogen-bond donors (Lipinski definition) is 1. The molecule has 0 atom stereocenters. The minimum Gasteiger partial charge on any atom is -0.339 e. The Morgan fingerprint density at radius 1 is 1.11 bits per heavy atom. The van der Waals surface area contributed by atoms with Gasteiger partial charge in [0, 0.05) is 37.6 Å². The summed E-state index contributed by atoms with van der Waals surface area (Å²) < 4.78 is 28.4. The van der Waals surface area contributed by atoms with E-state index in [1.165, 1.54) is 0 Å². The van der Waals surface area contributed by atoms with E-state index in [4.69, 9.17) is 0 Å². The van der Waals surface area contributed by atoms with Crippen LogP contribution in [0.3, 0.4) is 0 Å². The second kappa shape index (κ2) is 8.41. The predicted octanol–water partition coefficient (Wildman–Crippen LogP) is 2.84. The number of piperidine rings is 1. The molecule has 0 unspecified atom stereocenters. The molecule has 1 aromatic carbocycles. The quantitative estimate of drug-likeness (QED) is 0.836. The number of sulfonamides is 1. The van der Waals surface area contributed by atoms with E-state index >= 15 is 0 Å². The minimum atomic E-state index is -3.55. The average Bonchev–Trinajstić information content (AvgIpc) is 2.66. The first-order chi connectivity index (χ1) is 13.3. The van der Waals surface area contributed by atoms with Crippen LogP contribution in [0.15, 0.2) is 41.6 Å². The van der Waals surface area contributed by atoms with Crippen LogP contribution in [0.2, 0.25) is 0 Å². The van der Waals surface area contributed by atoms with E-state index in [2.05, 4.69) is 9.71 Å². The first-order valence-electron chi connectivity index (χ1n) is 9.55. The Morgan fingerprint density at radius 3 is 2.25 bits per heavy atom. The highest BCUT2D eigenvalue weighted by Crippen LogP contribution is 2.23. The van der Waals surface area contributed by atoms with E-state index < -0.39 is 10.0 Å². The molecule has 1 aliphatic rings. The second-order valence-corrected chi connectivity index (χ2v) is 9.26. The molecule has 7 heteroatoms. The first-order valence-corrected chi connectivity index (χ1v) is 11.0. The van der Waals surface area contributed by atoms with Gasteiger partial charge in [-0.25, -0.2) is 13.1 Å². The van der Waals surface area contributed by atoms with Crippen LogP contribution < -0.4 is 4.72 Å². The molecule has 6 nitrogen and oxygen atoms in total. The number of rotatable bonds is 5. The number of carbonyl (C=O) groups is 1. The number of aryl methyl sites for hydroxylation is 3.